The van der Waals surface area contributed by atoms with Crippen LogP contribution in [-0.2, 0) is 11.3 Å². The summed E-state index contributed by atoms with van der Waals surface area (Å²) in [5.41, 5.74) is 5.47. The molecule has 2 atom stereocenters. The maximum atomic E-state index is 14.1. The number of alkyl halides is 1. The number of hydrazone groups is 1. The summed E-state index contributed by atoms with van der Waals surface area (Å²) in [7, 11) is 0. The zero-order valence-electron chi connectivity index (χ0n) is 16.9. The van der Waals surface area contributed by atoms with E-state index in [0.717, 1.165) is 37.0 Å². The SMILES string of the molecule is O=C(C1=CC=CCC1F)N1CCC(Cn2ccc3cc(C4C=NNC4)cnc32)CC1. The maximum absolute atomic E-state index is 14.1. The van der Waals surface area contributed by atoms with E-state index in [1.165, 1.54) is 5.56 Å². The van der Waals surface area contributed by atoms with Gasteiger partial charge in [-0.05, 0) is 36.5 Å². The third kappa shape index (κ3) is 3.64. The third-order valence-corrected chi connectivity index (χ3v) is 6.40. The molecule has 2 aromatic rings. The molecule has 1 amide bonds. The van der Waals surface area contributed by atoms with E-state index in [4.69, 9.17) is 4.98 Å². The van der Waals surface area contributed by atoms with Gasteiger partial charge in [0.2, 0.25) is 0 Å². The molecule has 6 nitrogen and oxygen atoms in total. The molecule has 4 heterocycles. The first kappa shape index (κ1) is 19.0. The lowest BCUT2D eigenvalue weighted by Gasteiger charge is -2.33. The van der Waals surface area contributed by atoms with E-state index in [1.54, 1.807) is 18.2 Å². The second kappa shape index (κ2) is 8.05. The fourth-order valence-corrected chi connectivity index (χ4v) is 4.58. The molecular formula is C23H26FN5O. The second-order valence-electron chi connectivity index (χ2n) is 8.39. The van der Waals surface area contributed by atoms with Crippen molar-refractivity contribution in [1.29, 1.82) is 0 Å². The van der Waals surface area contributed by atoms with Gasteiger partial charge in [-0.2, -0.15) is 5.10 Å². The summed E-state index contributed by atoms with van der Waals surface area (Å²) in [6, 6.07) is 4.32. The van der Waals surface area contributed by atoms with Gasteiger partial charge in [0.1, 0.15) is 11.8 Å². The number of rotatable bonds is 4. The Morgan fingerprint density at radius 2 is 2.17 bits per heavy atom. The molecule has 0 aromatic carbocycles. The fourth-order valence-electron chi connectivity index (χ4n) is 4.58. The number of pyridine rings is 1. The number of hydrogen-bond acceptors (Lipinski definition) is 4. The van der Waals surface area contributed by atoms with Crippen molar-refractivity contribution < 1.29 is 9.18 Å². The Morgan fingerprint density at radius 1 is 1.30 bits per heavy atom. The summed E-state index contributed by atoms with van der Waals surface area (Å²) in [6.45, 7) is 3.08. The van der Waals surface area contributed by atoms with Crippen molar-refractivity contribution >= 4 is 23.2 Å². The molecule has 1 aliphatic carbocycles. The van der Waals surface area contributed by atoms with Gasteiger partial charge in [-0.3, -0.25) is 4.79 Å². The van der Waals surface area contributed by atoms with Crippen LogP contribution in [0.1, 0.15) is 30.7 Å². The summed E-state index contributed by atoms with van der Waals surface area (Å²) in [6.07, 6.45) is 12.1. The van der Waals surface area contributed by atoms with Crippen molar-refractivity contribution in [2.75, 3.05) is 19.6 Å². The first-order valence-corrected chi connectivity index (χ1v) is 10.7. The largest absolute Gasteiger partial charge is 0.339 e. The van der Waals surface area contributed by atoms with E-state index in [0.29, 0.717) is 31.0 Å². The van der Waals surface area contributed by atoms with Crippen molar-refractivity contribution in [2.24, 2.45) is 11.0 Å². The summed E-state index contributed by atoms with van der Waals surface area (Å²) in [5.74, 6) is 0.625. The Bertz CT molecular complexity index is 1030. The van der Waals surface area contributed by atoms with Crippen molar-refractivity contribution in [3.63, 3.8) is 0 Å². The van der Waals surface area contributed by atoms with E-state index in [-0.39, 0.29) is 11.8 Å². The van der Waals surface area contributed by atoms with Crippen LogP contribution in [0, 0.1) is 5.92 Å². The number of aromatic nitrogens is 2. The zero-order chi connectivity index (χ0) is 20.5. The third-order valence-electron chi connectivity index (χ3n) is 6.40. The maximum Gasteiger partial charge on any atom is 0.252 e. The minimum atomic E-state index is -1.17. The highest BCUT2D eigenvalue weighted by molar-refractivity contribution is 5.95. The standard InChI is InChI=1S/C23H26FN5O/c24-21-4-2-1-3-20(21)23(30)28-8-5-16(6-9-28)15-29-10-7-17-11-18(12-25-22(17)29)19-13-26-27-14-19/h1-3,7,10-13,16,19,21,27H,4-6,8-9,14-15H2. The van der Waals surface area contributed by atoms with Gasteiger partial charge in [-0.15, -0.1) is 0 Å². The first-order chi connectivity index (χ1) is 14.7. The van der Waals surface area contributed by atoms with Crippen LogP contribution in [0.4, 0.5) is 4.39 Å². The van der Waals surface area contributed by atoms with Crippen molar-refractivity contribution in [1.82, 2.24) is 19.9 Å². The lowest BCUT2D eigenvalue weighted by Crippen LogP contribution is -2.41. The normalized spacial score (nSPS) is 24.3. The molecule has 3 aliphatic rings. The van der Waals surface area contributed by atoms with Gasteiger partial charge in [0, 0.05) is 62.5 Å². The monoisotopic (exact) mass is 407 g/mol. The fraction of sp³-hybridized carbons (Fsp3) is 0.435. The number of hydrogen-bond donors (Lipinski definition) is 1. The topological polar surface area (TPSA) is 62.5 Å². The molecule has 0 bridgehead atoms. The summed E-state index contributed by atoms with van der Waals surface area (Å²) < 4.78 is 16.3. The predicted molar refractivity (Wildman–Crippen MR) is 115 cm³/mol. The molecule has 0 radical (unpaired) electrons. The van der Waals surface area contributed by atoms with Gasteiger partial charge in [0.25, 0.3) is 5.91 Å². The Hall–Kier alpha value is -2.96. The minimum Gasteiger partial charge on any atom is -0.339 e. The number of likely N-dealkylation sites (tertiary alicyclic amines) is 1. The molecule has 30 heavy (non-hydrogen) atoms. The van der Waals surface area contributed by atoms with Crippen LogP contribution in [0.5, 0.6) is 0 Å². The zero-order valence-corrected chi connectivity index (χ0v) is 16.9. The Kier molecular flexibility index (Phi) is 5.11. The van der Waals surface area contributed by atoms with Crippen LogP contribution < -0.4 is 5.43 Å². The number of piperidine rings is 1. The van der Waals surface area contributed by atoms with Gasteiger partial charge in [0.05, 0.1) is 5.57 Å². The molecule has 1 N–H and O–H groups in total. The Morgan fingerprint density at radius 3 is 2.93 bits per heavy atom. The lowest BCUT2D eigenvalue weighted by molar-refractivity contribution is -0.129. The number of nitrogens with zero attached hydrogens (tertiary/aromatic N) is 4. The van der Waals surface area contributed by atoms with Gasteiger partial charge >= 0.3 is 0 Å². The van der Waals surface area contributed by atoms with Gasteiger partial charge in [0.15, 0.2) is 0 Å². The number of nitrogens with one attached hydrogen (secondary N) is 1. The molecule has 0 saturated carbocycles. The highest BCUT2D eigenvalue weighted by Gasteiger charge is 2.29. The summed E-state index contributed by atoms with van der Waals surface area (Å²) in [5, 5.41) is 5.24. The van der Waals surface area contributed by atoms with Crippen LogP contribution in [0.2, 0.25) is 0 Å². The van der Waals surface area contributed by atoms with Crippen LogP contribution >= 0.6 is 0 Å². The van der Waals surface area contributed by atoms with Crippen LogP contribution in [0.15, 0.2) is 53.4 Å². The van der Waals surface area contributed by atoms with E-state index >= 15 is 0 Å². The molecule has 156 valence electrons. The minimum absolute atomic E-state index is 0.143. The molecule has 5 rings (SSSR count). The highest BCUT2D eigenvalue weighted by atomic mass is 19.1. The quantitative estimate of drug-likeness (QED) is 0.847. The van der Waals surface area contributed by atoms with Gasteiger partial charge in [-0.1, -0.05) is 18.2 Å². The molecule has 2 unspecified atom stereocenters. The highest BCUT2D eigenvalue weighted by Crippen LogP contribution is 2.26. The average molecular weight is 407 g/mol. The van der Waals surface area contributed by atoms with Crippen molar-refractivity contribution in [3.8, 4) is 0 Å². The smallest absolute Gasteiger partial charge is 0.252 e. The number of carbonyl (C=O) groups excluding carboxylic acids is 1. The van der Waals surface area contributed by atoms with Crippen LogP contribution in [0.3, 0.4) is 0 Å². The molecule has 0 spiro atoms. The second-order valence-corrected chi connectivity index (χ2v) is 8.39. The first-order valence-electron chi connectivity index (χ1n) is 10.7. The van der Waals surface area contributed by atoms with E-state index in [1.807, 2.05) is 17.3 Å². The van der Waals surface area contributed by atoms with Gasteiger partial charge in [-0.25, -0.2) is 9.37 Å². The molecule has 2 aromatic heterocycles. The summed E-state index contributed by atoms with van der Waals surface area (Å²) in [4.78, 5) is 19.2. The number of halogens is 1. The predicted octanol–water partition coefficient (Wildman–Crippen LogP) is 3.17. The Balaban J connectivity index is 1.22. The van der Waals surface area contributed by atoms with E-state index in [2.05, 4.69) is 33.4 Å². The summed E-state index contributed by atoms with van der Waals surface area (Å²) >= 11 is 0. The lowest BCUT2D eigenvalue weighted by atomic mass is 9.95. The van der Waals surface area contributed by atoms with Crippen LogP contribution in [0.25, 0.3) is 11.0 Å². The Labute approximate surface area is 175 Å². The van der Waals surface area contributed by atoms with Crippen molar-refractivity contribution in [2.45, 2.75) is 37.9 Å². The van der Waals surface area contributed by atoms with E-state index < -0.39 is 6.17 Å². The van der Waals surface area contributed by atoms with Crippen LogP contribution in [-0.4, -0.2) is 52.4 Å². The molecule has 1 fully saturated rings. The molecular weight excluding hydrogens is 381 g/mol. The number of amides is 1. The molecule has 2 aliphatic heterocycles. The number of allylic oxidation sites excluding steroid dienone is 3. The average Bonchev–Trinajstić information content (AvgIpc) is 3.44. The molecule has 1 saturated heterocycles. The van der Waals surface area contributed by atoms with Crippen molar-refractivity contribution in [3.05, 3.63) is 53.9 Å². The van der Waals surface area contributed by atoms with E-state index in [9.17, 15) is 9.18 Å². The van der Waals surface area contributed by atoms with Gasteiger partial charge < -0.3 is 14.9 Å². The number of carbonyl (C=O) groups is 1. The number of fused-ring (bicyclic) bond motifs is 1. The molecule has 7 heteroatoms.